The van der Waals surface area contributed by atoms with E-state index in [1.807, 2.05) is 13.0 Å². The zero-order valence-corrected chi connectivity index (χ0v) is 10.1. The zero-order valence-electron chi connectivity index (χ0n) is 8.53. The van der Waals surface area contributed by atoms with Gasteiger partial charge in [0.1, 0.15) is 5.82 Å². The van der Waals surface area contributed by atoms with Crippen molar-refractivity contribution in [2.24, 2.45) is 5.73 Å². The molecule has 1 rings (SSSR count). The van der Waals surface area contributed by atoms with Gasteiger partial charge in [-0.1, -0.05) is 0 Å². The van der Waals surface area contributed by atoms with Crippen molar-refractivity contribution in [2.45, 2.75) is 25.8 Å². The Balaban J connectivity index is 2.48. The number of hydrogen-bond donors (Lipinski definition) is 2. The van der Waals surface area contributed by atoms with Crippen LogP contribution in [0.15, 0.2) is 22.8 Å². The van der Waals surface area contributed by atoms with Crippen molar-refractivity contribution in [3.05, 3.63) is 22.8 Å². The van der Waals surface area contributed by atoms with Crippen molar-refractivity contribution in [1.82, 2.24) is 4.98 Å². The second-order valence-corrected chi connectivity index (χ2v) is 4.25. The lowest BCUT2D eigenvalue weighted by Gasteiger charge is -2.07. The first kappa shape index (κ1) is 12.1. The van der Waals surface area contributed by atoms with Crippen LogP contribution in [0.3, 0.4) is 0 Å². The Kier molecular flexibility index (Phi) is 4.71. The van der Waals surface area contributed by atoms with Crippen LogP contribution in [-0.2, 0) is 4.79 Å². The maximum Gasteiger partial charge on any atom is 0.225 e. The summed E-state index contributed by atoms with van der Waals surface area (Å²) in [6, 6.07) is 3.67. The molecular formula is C10H14BrN3O. The van der Waals surface area contributed by atoms with Crippen molar-refractivity contribution < 1.29 is 4.79 Å². The minimum absolute atomic E-state index is 0.0444. The molecule has 1 unspecified atom stereocenters. The summed E-state index contributed by atoms with van der Waals surface area (Å²) in [5, 5.41) is 2.71. The smallest absolute Gasteiger partial charge is 0.225 e. The van der Waals surface area contributed by atoms with Crippen LogP contribution in [0.25, 0.3) is 0 Å². The van der Waals surface area contributed by atoms with Crippen LogP contribution >= 0.6 is 15.9 Å². The van der Waals surface area contributed by atoms with Gasteiger partial charge in [0.2, 0.25) is 5.91 Å². The van der Waals surface area contributed by atoms with Gasteiger partial charge in [-0.05, 0) is 41.4 Å². The molecule has 82 valence electrons. The highest BCUT2D eigenvalue weighted by Gasteiger charge is 2.06. The van der Waals surface area contributed by atoms with E-state index in [4.69, 9.17) is 5.73 Å². The molecule has 0 saturated carbocycles. The fourth-order valence-electron chi connectivity index (χ4n) is 1.03. The molecule has 1 aromatic heterocycles. The predicted octanol–water partition coefficient (Wildman–Crippen LogP) is 1.91. The number of nitrogens with zero attached hydrogens (tertiary/aromatic N) is 1. The number of pyridine rings is 1. The molecule has 0 aliphatic carbocycles. The summed E-state index contributed by atoms with van der Waals surface area (Å²) < 4.78 is 0.777. The SMILES string of the molecule is CC(N)CCC(=O)Nc1ncccc1Br. The van der Waals surface area contributed by atoms with Gasteiger partial charge >= 0.3 is 0 Å². The molecule has 0 aromatic carbocycles. The lowest BCUT2D eigenvalue weighted by Crippen LogP contribution is -2.19. The van der Waals surface area contributed by atoms with Gasteiger partial charge in [0.05, 0.1) is 4.47 Å². The average Bonchev–Trinajstić information content (AvgIpc) is 2.18. The number of nitrogens with two attached hydrogens (primary N) is 1. The normalized spacial score (nSPS) is 12.2. The lowest BCUT2D eigenvalue weighted by atomic mass is 10.2. The Labute approximate surface area is 97.4 Å². The van der Waals surface area contributed by atoms with Gasteiger partial charge in [-0.25, -0.2) is 4.98 Å². The molecule has 0 bridgehead atoms. The Bertz CT molecular complexity index is 341. The number of rotatable bonds is 4. The number of hydrogen-bond acceptors (Lipinski definition) is 3. The average molecular weight is 272 g/mol. The number of amides is 1. The third-order valence-corrected chi connectivity index (χ3v) is 2.48. The topological polar surface area (TPSA) is 68.0 Å². The molecule has 1 atom stereocenters. The number of nitrogens with one attached hydrogen (secondary N) is 1. The van der Waals surface area contributed by atoms with Gasteiger partial charge in [-0.2, -0.15) is 0 Å². The Hall–Kier alpha value is -0.940. The Morgan fingerprint density at radius 3 is 3.07 bits per heavy atom. The van der Waals surface area contributed by atoms with E-state index in [9.17, 15) is 4.79 Å². The van der Waals surface area contributed by atoms with E-state index in [2.05, 4.69) is 26.2 Å². The molecule has 0 saturated heterocycles. The monoisotopic (exact) mass is 271 g/mol. The highest BCUT2D eigenvalue weighted by Crippen LogP contribution is 2.18. The van der Waals surface area contributed by atoms with Crippen molar-refractivity contribution in [1.29, 1.82) is 0 Å². The predicted molar refractivity (Wildman–Crippen MR) is 63.5 cm³/mol. The van der Waals surface area contributed by atoms with Crippen molar-refractivity contribution >= 4 is 27.7 Å². The summed E-state index contributed by atoms with van der Waals surface area (Å²) in [7, 11) is 0. The van der Waals surface area contributed by atoms with Crippen LogP contribution in [0, 0.1) is 0 Å². The Morgan fingerprint density at radius 2 is 2.47 bits per heavy atom. The van der Waals surface area contributed by atoms with E-state index >= 15 is 0 Å². The summed E-state index contributed by atoms with van der Waals surface area (Å²) >= 11 is 3.30. The fraction of sp³-hybridized carbons (Fsp3) is 0.400. The summed E-state index contributed by atoms with van der Waals surface area (Å²) in [5.74, 6) is 0.485. The molecule has 4 nitrogen and oxygen atoms in total. The maximum atomic E-state index is 11.4. The third kappa shape index (κ3) is 4.40. The molecule has 0 aliphatic heterocycles. The molecule has 0 radical (unpaired) electrons. The van der Waals surface area contributed by atoms with E-state index in [1.54, 1.807) is 12.3 Å². The van der Waals surface area contributed by atoms with E-state index < -0.39 is 0 Å². The summed E-state index contributed by atoms with van der Waals surface area (Å²) in [4.78, 5) is 15.5. The molecule has 1 amide bonds. The molecule has 1 aromatic rings. The number of halogens is 1. The number of aromatic nitrogens is 1. The van der Waals surface area contributed by atoms with Crippen molar-refractivity contribution in [3.8, 4) is 0 Å². The minimum atomic E-state index is -0.0632. The van der Waals surface area contributed by atoms with Crippen LogP contribution < -0.4 is 11.1 Å². The summed E-state index contributed by atoms with van der Waals surface area (Å²) in [6.45, 7) is 1.88. The first-order valence-electron chi connectivity index (χ1n) is 4.75. The summed E-state index contributed by atoms with van der Waals surface area (Å²) in [5.41, 5.74) is 5.56. The van der Waals surface area contributed by atoms with Crippen molar-refractivity contribution in [2.75, 3.05) is 5.32 Å². The van der Waals surface area contributed by atoms with Gasteiger partial charge in [0.25, 0.3) is 0 Å². The van der Waals surface area contributed by atoms with Crippen LogP contribution in [0.2, 0.25) is 0 Å². The second-order valence-electron chi connectivity index (χ2n) is 3.40. The highest BCUT2D eigenvalue weighted by molar-refractivity contribution is 9.10. The quantitative estimate of drug-likeness (QED) is 0.879. The first-order chi connectivity index (χ1) is 7.09. The molecule has 5 heteroatoms. The summed E-state index contributed by atoms with van der Waals surface area (Å²) in [6.07, 6.45) is 2.73. The third-order valence-electron chi connectivity index (χ3n) is 1.84. The maximum absolute atomic E-state index is 11.4. The van der Waals surface area contributed by atoms with E-state index in [0.717, 1.165) is 4.47 Å². The fourth-order valence-corrected chi connectivity index (χ4v) is 1.39. The van der Waals surface area contributed by atoms with Crippen LogP contribution in [0.4, 0.5) is 5.82 Å². The lowest BCUT2D eigenvalue weighted by molar-refractivity contribution is -0.116. The van der Waals surface area contributed by atoms with Gasteiger partial charge in [0.15, 0.2) is 0 Å². The molecule has 3 N–H and O–H groups in total. The van der Waals surface area contributed by atoms with Gasteiger partial charge in [-0.3, -0.25) is 4.79 Å². The van der Waals surface area contributed by atoms with Gasteiger partial charge in [0, 0.05) is 18.7 Å². The van der Waals surface area contributed by atoms with Gasteiger partial charge in [-0.15, -0.1) is 0 Å². The Morgan fingerprint density at radius 1 is 1.73 bits per heavy atom. The number of carbonyl (C=O) groups is 1. The molecular weight excluding hydrogens is 258 g/mol. The van der Waals surface area contributed by atoms with E-state index in [-0.39, 0.29) is 11.9 Å². The zero-order chi connectivity index (χ0) is 11.3. The van der Waals surface area contributed by atoms with E-state index in [1.165, 1.54) is 0 Å². The first-order valence-corrected chi connectivity index (χ1v) is 5.55. The minimum Gasteiger partial charge on any atom is -0.328 e. The highest BCUT2D eigenvalue weighted by atomic mass is 79.9. The molecule has 0 aliphatic rings. The second kappa shape index (κ2) is 5.82. The van der Waals surface area contributed by atoms with Crippen molar-refractivity contribution in [3.63, 3.8) is 0 Å². The molecule has 1 heterocycles. The number of carbonyl (C=O) groups excluding carboxylic acids is 1. The van der Waals surface area contributed by atoms with Crippen LogP contribution in [0.5, 0.6) is 0 Å². The largest absolute Gasteiger partial charge is 0.328 e. The molecule has 0 fully saturated rings. The van der Waals surface area contributed by atoms with Crippen LogP contribution in [0.1, 0.15) is 19.8 Å². The van der Waals surface area contributed by atoms with Crippen LogP contribution in [-0.4, -0.2) is 16.9 Å². The van der Waals surface area contributed by atoms with Gasteiger partial charge < -0.3 is 11.1 Å². The number of anilines is 1. The molecule has 15 heavy (non-hydrogen) atoms. The standard InChI is InChI=1S/C10H14BrN3O/c1-7(12)4-5-9(15)14-10-8(11)3-2-6-13-10/h2-3,6-7H,4-5,12H2,1H3,(H,13,14,15). The van der Waals surface area contributed by atoms with E-state index in [0.29, 0.717) is 18.7 Å². The molecule has 0 spiro atoms.